The van der Waals surface area contributed by atoms with Crippen molar-refractivity contribution in [3.8, 4) is 0 Å². The molecule has 0 saturated heterocycles. The molecule has 0 aromatic heterocycles. The lowest BCUT2D eigenvalue weighted by molar-refractivity contribution is -0.139. The van der Waals surface area contributed by atoms with Crippen LogP contribution in [0.25, 0.3) is 0 Å². The fourth-order valence-corrected chi connectivity index (χ4v) is 2.74. The molecule has 0 spiro atoms. The van der Waals surface area contributed by atoms with Crippen LogP contribution in [-0.2, 0) is 4.79 Å². The van der Waals surface area contributed by atoms with Crippen LogP contribution in [0.3, 0.4) is 0 Å². The Hall–Kier alpha value is -0.610. The Labute approximate surface area is 110 Å². The number of carboxylic acid groups (broad SMARTS) is 1. The maximum atomic E-state index is 10.7. The number of rotatable bonds is 7. The molecule has 4 heteroatoms. The second kappa shape index (κ2) is 7.74. The molecule has 1 aliphatic carbocycles. The number of nitrogens with one attached hydrogen (secondary N) is 1. The molecule has 1 saturated carbocycles. The molecule has 0 bridgehead atoms. The standard InChI is InChI=1S/C14H27NO3/c1-10(2)8-12(13(16)9-14(17)18)15-11-6-4-3-5-7-11/h10-13,15-16H,3-9H2,1-2H3,(H,17,18). The average Bonchev–Trinajstić information content (AvgIpc) is 2.28. The summed E-state index contributed by atoms with van der Waals surface area (Å²) in [6.07, 6.45) is 5.93. The molecular weight excluding hydrogens is 230 g/mol. The normalized spacial score (nSPS) is 20.9. The monoisotopic (exact) mass is 257 g/mol. The van der Waals surface area contributed by atoms with E-state index in [1.165, 1.54) is 19.3 Å². The molecule has 106 valence electrons. The van der Waals surface area contributed by atoms with Crippen LogP contribution in [0.4, 0.5) is 0 Å². The van der Waals surface area contributed by atoms with Crippen LogP contribution in [0, 0.1) is 5.92 Å². The first kappa shape index (κ1) is 15.4. The highest BCUT2D eigenvalue weighted by molar-refractivity contribution is 5.67. The van der Waals surface area contributed by atoms with Crippen molar-refractivity contribution in [3.05, 3.63) is 0 Å². The minimum absolute atomic E-state index is 0.0933. The molecule has 0 heterocycles. The summed E-state index contributed by atoms with van der Waals surface area (Å²) >= 11 is 0. The largest absolute Gasteiger partial charge is 0.481 e. The molecule has 1 aliphatic rings. The van der Waals surface area contributed by atoms with Gasteiger partial charge in [-0.15, -0.1) is 0 Å². The van der Waals surface area contributed by atoms with Crippen LogP contribution in [0.15, 0.2) is 0 Å². The van der Waals surface area contributed by atoms with E-state index in [1.54, 1.807) is 0 Å². The molecule has 1 rings (SSSR count). The van der Waals surface area contributed by atoms with Gasteiger partial charge in [0.25, 0.3) is 0 Å². The van der Waals surface area contributed by atoms with Gasteiger partial charge in [-0.2, -0.15) is 0 Å². The van der Waals surface area contributed by atoms with Crippen molar-refractivity contribution >= 4 is 5.97 Å². The van der Waals surface area contributed by atoms with Crippen LogP contribution >= 0.6 is 0 Å². The molecular formula is C14H27NO3. The van der Waals surface area contributed by atoms with Gasteiger partial charge < -0.3 is 15.5 Å². The van der Waals surface area contributed by atoms with Crippen molar-refractivity contribution in [2.45, 2.75) is 77.0 Å². The van der Waals surface area contributed by atoms with Crippen LogP contribution in [0.2, 0.25) is 0 Å². The van der Waals surface area contributed by atoms with Crippen molar-refractivity contribution < 1.29 is 15.0 Å². The molecule has 2 unspecified atom stereocenters. The van der Waals surface area contributed by atoms with Gasteiger partial charge in [-0.3, -0.25) is 4.79 Å². The summed E-state index contributed by atoms with van der Waals surface area (Å²) in [5.74, 6) is -0.476. The molecule has 0 radical (unpaired) electrons. The number of aliphatic hydroxyl groups is 1. The van der Waals surface area contributed by atoms with Crippen LogP contribution in [0.1, 0.15) is 58.8 Å². The van der Waals surface area contributed by atoms with E-state index in [9.17, 15) is 9.90 Å². The lowest BCUT2D eigenvalue weighted by Gasteiger charge is -2.31. The van der Waals surface area contributed by atoms with Crippen LogP contribution in [0.5, 0.6) is 0 Å². The molecule has 18 heavy (non-hydrogen) atoms. The van der Waals surface area contributed by atoms with E-state index in [2.05, 4.69) is 19.2 Å². The molecule has 3 N–H and O–H groups in total. The zero-order chi connectivity index (χ0) is 13.5. The fourth-order valence-electron chi connectivity index (χ4n) is 2.74. The summed E-state index contributed by atoms with van der Waals surface area (Å²) < 4.78 is 0. The van der Waals surface area contributed by atoms with Crippen molar-refractivity contribution in [1.29, 1.82) is 0 Å². The molecule has 0 aromatic rings. The first-order valence-corrected chi connectivity index (χ1v) is 7.15. The van der Waals surface area contributed by atoms with E-state index in [0.717, 1.165) is 19.3 Å². The zero-order valence-electron chi connectivity index (χ0n) is 11.6. The Morgan fingerprint density at radius 2 is 1.89 bits per heavy atom. The highest BCUT2D eigenvalue weighted by Gasteiger charge is 2.25. The highest BCUT2D eigenvalue weighted by Crippen LogP contribution is 2.20. The van der Waals surface area contributed by atoms with E-state index in [1.807, 2.05) is 0 Å². The summed E-state index contributed by atoms with van der Waals surface area (Å²) in [6, 6.07) is 0.357. The minimum atomic E-state index is -0.929. The Kier molecular flexibility index (Phi) is 6.65. The summed E-state index contributed by atoms with van der Waals surface area (Å²) in [7, 11) is 0. The quantitative estimate of drug-likeness (QED) is 0.653. The second-order valence-corrected chi connectivity index (χ2v) is 5.90. The van der Waals surface area contributed by atoms with Crippen LogP contribution in [-0.4, -0.2) is 34.4 Å². The maximum absolute atomic E-state index is 10.7. The predicted octanol–water partition coefficient (Wildman–Crippen LogP) is 2.16. The van der Waals surface area contributed by atoms with E-state index in [-0.39, 0.29) is 12.5 Å². The van der Waals surface area contributed by atoms with Gasteiger partial charge >= 0.3 is 5.97 Å². The maximum Gasteiger partial charge on any atom is 0.306 e. The van der Waals surface area contributed by atoms with Gasteiger partial charge in [-0.1, -0.05) is 33.1 Å². The van der Waals surface area contributed by atoms with Crippen molar-refractivity contribution in [2.75, 3.05) is 0 Å². The summed E-state index contributed by atoms with van der Waals surface area (Å²) in [6.45, 7) is 4.20. The average molecular weight is 257 g/mol. The number of carbonyl (C=O) groups is 1. The lowest BCUT2D eigenvalue weighted by Crippen LogP contribution is -2.47. The third-order valence-corrected chi connectivity index (χ3v) is 3.63. The van der Waals surface area contributed by atoms with E-state index in [0.29, 0.717) is 12.0 Å². The van der Waals surface area contributed by atoms with Gasteiger partial charge in [0.2, 0.25) is 0 Å². The molecule has 0 aliphatic heterocycles. The number of hydrogen-bond donors (Lipinski definition) is 3. The number of hydrogen-bond acceptors (Lipinski definition) is 3. The second-order valence-electron chi connectivity index (χ2n) is 5.90. The van der Waals surface area contributed by atoms with E-state index in [4.69, 9.17) is 5.11 Å². The third kappa shape index (κ3) is 5.83. The smallest absolute Gasteiger partial charge is 0.306 e. The highest BCUT2D eigenvalue weighted by atomic mass is 16.4. The van der Waals surface area contributed by atoms with Crippen molar-refractivity contribution in [1.82, 2.24) is 5.32 Å². The summed E-state index contributed by atoms with van der Waals surface area (Å²) in [5.41, 5.74) is 0. The summed E-state index contributed by atoms with van der Waals surface area (Å²) in [5, 5.41) is 22.3. The Balaban J connectivity index is 2.50. The van der Waals surface area contributed by atoms with Gasteiger partial charge in [0.1, 0.15) is 0 Å². The Morgan fingerprint density at radius 3 is 2.39 bits per heavy atom. The zero-order valence-corrected chi connectivity index (χ0v) is 11.6. The topological polar surface area (TPSA) is 69.6 Å². The minimum Gasteiger partial charge on any atom is -0.481 e. The van der Waals surface area contributed by atoms with Gasteiger partial charge in [-0.25, -0.2) is 0 Å². The SMILES string of the molecule is CC(C)CC(NC1CCCCC1)C(O)CC(=O)O. The third-order valence-electron chi connectivity index (χ3n) is 3.63. The molecule has 0 amide bonds. The Bertz CT molecular complexity index is 249. The number of aliphatic hydroxyl groups excluding tert-OH is 1. The number of carboxylic acids is 1. The van der Waals surface area contributed by atoms with Gasteiger partial charge in [0.15, 0.2) is 0 Å². The fraction of sp³-hybridized carbons (Fsp3) is 0.929. The van der Waals surface area contributed by atoms with Gasteiger partial charge in [-0.05, 0) is 25.2 Å². The van der Waals surface area contributed by atoms with Crippen LogP contribution < -0.4 is 5.32 Å². The molecule has 2 atom stereocenters. The first-order chi connectivity index (χ1) is 8.49. The molecule has 4 nitrogen and oxygen atoms in total. The number of aliphatic carboxylic acids is 1. The van der Waals surface area contributed by atoms with Gasteiger partial charge in [0, 0.05) is 12.1 Å². The molecule has 0 aromatic carbocycles. The summed E-state index contributed by atoms with van der Waals surface area (Å²) in [4.78, 5) is 10.7. The van der Waals surface area contributed by atoms with Gasteiger partial charge in [0.05, 0.1) is 12.5 Å². The predicted molar refractivity (Wildman–Crippen MR) is 71.5 cm³/mol. The molecule has 1 fully saturated rings. The van der Waals surface area contributed by atoms with Crippen molar-refractivity contribution in [3.63, 3.8) is 0 Å². The first-order valence-electron chi connectivity index (χ1n) is 7.15. The van der Waals surface area contributed by atoms with Crippen molar-refractivity contribution in [2.24, 2.45) is 5.92 Å². The van der Waals surface area contributed by atoms with E-state index < -0.39 is 12.1 Å². The lowest BCUT2D eigenvalue weighted by atomic mass is 9.91. The Morgan fingerprint density at radius 1 is 1.28 bits per heavy atom. The van der Waals surface area contributed by atoms with E-state index >= 15 is 0 Å².